The summed E-state index contributed by atoms with van der Waals surface area (Å²) in [6.45, 7) is 0. The average molecular weight is 247 g/mol. The summed E-state index contributed by atoms with van der Waals surface area (Å²) in [4.78, 5) is 21.9. The summed E-state index contributed by atoms with van der Waals surface area (Å²) in [5.41, 5.74) is 3.21. The molecule has 0 spiro atoms. The van der Waals surface area contributed by atoms with Crippen LogP contribution in [0.2, 0.25) is 0 Å². The zero-order chi connectivity index (χ0) is 13.0. The number of rotatable bonds is 4. The van der Waals surface area contributed by atoms with Gasteiger partial charge in [0.2, 0.25) is 5.91 Å². The first kappa shape index (κ1) is 12.6. The van der Waals surface area contributed by atoms with Crippen LogP contribution >= 0.6 is 0 Å². The van der Waals surface area contributed by atoms with E-state index in [9.17, 15) is 9.59 Å². The van der Waals surface area contributed by atoms with Crippen molar-refractivity contribution in [3.63, 3.8) is 0 Å². The molecule has 0 radical (unpaired) electrons. The van der Waals surface area contributed by atoms with Crippen LogP contribution in [0.25, 0.3) is 0 Å². The molecule has 4 heteroatoms. The molecule has 2 rings (SSSR count). The lowest BCUT2D eigenvalue weighted by molar-refractivity contribution is -0.137. The number of benzene rings is 1. The predicted molar refractivity (Wildman–Crippen MR) is 68.6 cm³/mol. The minimum absolute atomic E-state index is 0.0763. The van der Waals surface area contributed by atoms with Crippen molar-refractivity contribution in [1.29, 1.82) is 0 Å². The van der Waals surface area contributed by atoms with Crippen molar-refractivity contribution in [2.75, 3.05) is 5.32 Å². The maximum absolute atomic E-state index is 11.4. The molecule has 0 aromatic heterocycles. The van der Waals surface area contributed by atoms with Crippen LogP contribution in [0, 0.1) is 0 Å². The van der Waals surface area contributed by atoms with E-state index in [1.165, 1.54) is 0 Å². The van der Waals surface area contributed by atoms with Crippen molar-refractivity contribution in [1.82, 2.24) is 0 Å². The number of aryl methyl sites for hydroxylation is 2. The molecule has 0 saturated carbocycles. The number of amides is 1. The van der Waals surface area contributed by atoms with Gasteiger partial charge in [0.05, 0.1) is 0 Å². The molecule has 0 unspecified atom stereocenters. The first-order valence-corrected chi connectivity index (χ1v) is 6.28. The quantitative estimate of drug-likeness (QED) is 0.858. The number of nitrogens with one attached hydrogen (secondary N) is 1. The van der Waals surface area contributed by atoms with E-state index in [4.69, 9.17) is 5.11 Å². The second-order valence-corrected chi connectivity index (χ2v) is 4.64. The normalized spacial score (nSPS) is 14.6. The Hall–Kier alpha value is -1.84. The lowest BCUT2D eigenvalue weighted by Gasteiger charge is -2.09. The van der Waals surface area contributed by atoms with Gasteiger partial charge in [-0.2, -0.15) is 0 Å². The van der Waals surface area contributed by atoms with Gasteiger partial charge in [-0.3, -0.25) is 9.59 Å². The maximum Gasteiger partial charge on any atom is 0.303 e. The van der Waals surface area contributed by atoms with Crippen LogP contribution in [-0.2, 0) is 22.4 Å². The van der Waals surface area contributed by atoms with E-state index in [0.29, 0.717) is 12.8 Å². The lowest BCUT2D eigenvalue weighted by Crippen LogP contribution is -2.09. The van der Waals surface area contributed by atoms with Gasteiger partial charge in [0.1, 0.15) is 0 Å². The summed E-state index contributed by atoms with van der Waals surface area (Å²) >= 11 is 0. The van der Waals surface area contributed by atoms with Crippen LogP contribution in [0.3, 0.4) is 0 Å². The monoisotopic (exact) mass is 247 g/mol. The van der Waals surface area contributed by atoms with Gasteiger partial charge < -0.3 is 10.4 Å². The Bertz CT molecular complexity index is 468. The molecule has 1 aliphatic heterocycles. The molecule has 1 heterocycles. The highest BCUT2D eigenvalue weighted by molar-refractivity contribution is 5.92. The molecule has 4 nitrogen and oxygen atoms in total. The third-order valence-corrected chi connectivity index (χ3v) is 3.15. The number of carboxylic acid groups (broad SMARTS) is 1. The number of carbonyl (C=O) groups is 2. The molecule has 0 bridgehead atoms. The minimum atomic E-state index is -0.753. The largest absolute Gasteiger partial charge is 0.481 e. The van der Waals surface area contributed by atoms with Crippen LogP contribution in [-0.4, -0.2) is 17.0 Å². The van der Waals surface area contributed by atoms with Crippen molar-refractivity contribution in [3.8, 4) is 0 Å². The van der Waals surface area contributed by atoms with Gasteiger partial charge in [-0.15, -0.1) is 0 Å². The molecule has 0 fully saturated rings. The van der Waals surface area contributed by atoms with Crippen LogP contribution < -0.4 is 5.32 Å². The van der Waals surface area contributed by atoms with Crippen molar-refractivity contribution in [3.05, 3.63) is 29.3 Å². The van der Waals surface area contributed by atoms with E-state index >= 15 is 0 Å². The molecule has 96 valence electrons. The van der Waals surface area contributed by atoms with E-state index < -0.39 is 5.97 Å². The standard InChI is InChI=1S/C14H17NO3/c16-13-5-2-4-11-9-10(3-1-6-14(17)18)7-8-12(11)15-13/h7-9H,1-6H2,(H,15,16)(H,17,18). The van der Waals surface area contributed by atoms with Crippen molar-refractivity contribution >= 4 is 17.6 Å². The second kappa shape index (κ2) is 5.67. The average Bonchev–Trinajstić information content (AvgIpc) is 2.49. The summed E-state index contributed by atoms with van der Waals surface area (Å²) in [7, 11) is 0. The van der Waals surface area contributed by atoms with E-state index in [-0.39, 0.29) is 12.3 Å². The Morgan fingerprint density at radius 2 is 2.17 bits per heavy atom. The number of aliphatic carboxylic acids is 1. The van der Waals surface area contributed by atoms with Gasteiger partial charge in [0.25, 0.3) is 0 Å². The van der Waals surface area contributed by atoms with Crippen molar-refractivity contribution < 1.29 is 14.7 Å². The van der Waals surface area contributed by atoms with E-state index in [1.54, 1.807) is 0 Å². The van der Waals surface area contributed by atoms with Gasteiger partial charge in [-0.25, -0.2) is 0 Å². The molecule has 0 atom stereocenters. The third kappa shape index (κ3) is 3.32. The highest BCUT2D eigenvalue weighted by atomic mass is 16.4. The molecule has 1 aromatic rings. The van der Waals surface area contributed by atoms with Gasteiger partial charge in [-0.05, 0) is 42.9 Å². The van der Waals surface area contributed by atoms with Gasteiger partial charge in [-0.1, -0.05) is 12.1 Å². The Balaban J connectivity index is 2.04. The molecule has 0 saturated heterocycles. The molecule has 2 N–H and O–H groups in total. The fraction of sp³-hybridized carbons (Fsp3) is 0.429. The van der Waals surface area contributed by atoms with Crippen LogP contribution in [0.4, 0.5) is 5.69 Å². The molecule has 1 aromatic carbocycles. The first-order chi connectivity index (χ1) is 8.65. The fourth-order valence-corrected chi connectivity index (χ4v) is 2.23. The zero-order valence-electron chi connectivity index (χ0n) is 10.2. The van der Waals surface area contributed by atoms with E-state index in [1.807, 2.05) is 12.1 Å². The molecule has 1 amide bonds. The van der Waals surface area contributed by atoms with Gasteiger partial charge in [0, 0.05) is 18.5 Å². The summed E-state index contributed by atoms with van der Waals surface area (Å²) in [5, 5.41) is 11.5. The highest BCUT2D eigenvalue weighted by Gasteiger charge is 2.12. The summed E-state index contributed by atoms with van der Waals surface area (Å²) in [6.07, 6.45) is 3.98. The molecule has 1 aliphatic rings. The van der Waals surface area contributed by atoms with Gasteiger partial charge >= 0.3 is 5.97 Å². The Morgan fingerprint density at radius 1 is 1.33 bits per heavy atom. The Kier molecular flexibility index (Phi) is 3.97. The van der Waals surface area contributed by atoms with Crippen LogP contribution in [0.15, 0.2) is 18.2 Å². The lowest BCUT2D eigenvalue weighted by atomic mass is 10.0. The number of fused-ring (bicyclic) bond motifs is 1. The van der Waals surface area contributed by atoms with Gasteiger partial charge in [0.15, 0.2) is 0 Å². The summed E-state index contributed by atoms with van der Waals surface area (Å²) in [5.74, 6) is -0.676. The van der Waals surface area contributed by atoms with Crippen LogP contribution in [0.1, 0.15) is 36.8 Å². The maximum atomic E-state index is 11.4. The molecular weight excluding hydrogens is 230 g/mol. The van der Waals surface area contributed by atoms with Crippen LogP contribution in [0.5, 0.6) is 0 Å². The number of anilines is 1. The Labute approximate surface area is 106 Å². The first-order valence-electron chi connectivity index (χ1n) is 6.28. The highest BCUT2D eigenvalue weighted by Crippen LogP contribution is 2.23. The topological polar surface area (TPSA) is 66.4 Å². The summed E-state index contributed by atoms with van der Waals surface area (Å²) in [6, 6.07) is 5.98. The number of carboxylic acids is 1. The van der Waals surface area contributed by atoms with E-state index in [2.05, 4.69) is 11.4 Å². The number of hydrogen-bond acceptors (Lipinski definition) is 2. The fourth-order valence-electron chi connectivity index (χ4n) is 2.23. The minimum Gasteiger partial charge on any atom is -0.481 e. The van der Waals surface area contributed by atoms with E-state index in [0.717, 1.165) is 36.1 Å². The number of carbonyl (C=O) groups excluding carboxylic acids is 1. The number of hydrogen-bond donors (Lipinski definition) is 2. The predicted octanol–water partition coefficient (Wildman–Crippen LogP) is 2.37. The summed E-state index contributed by atoms with van der Waals surface area (Å²) < 4.78 is 0. The zero-order valence-corrected chi connectivity index (χ0v) is 10.2. The second-order valence-electron chi connectivity index (χ2n) is 4.64. The van der Waals surface area contributed by atoms with Crippen molar-refractivity contribution in [2.45, 2.75) is 38.5 Å². The smallest absolute Gasteiger partial charge is 0.303 e. The Morgan fingerprint density at radius 3 is 2.94 bits per heavy atom. The third-order valence-electron chi connectivity index (χ3n) is 3.15. The van der Waals surface area contributed by atoms with Crippen molar-refractivity contribution in [2.24, 2.45) is 0 Å². The molecule has 18 heavy (non-hydrogen) atoms. The molecular formula is C14H17NO3. The SMILES string of the molecule is O=C(O)CCCc1ccc2c(c1)CCCC(=O)N2. The molecule has 0 aliphatic carbocycles.